The van der Waals surface area contributed by atoms with Crippen LogP contribution in [0.25, 0.3) is 11.0 Å². The number of rotatable bonds is 9. The molecule has 1 heterocycles. The molecule has 2 aromatic rings. The molecule has 0 saturated heterocycles. The molecular formula is C17H22F2N2O. The predicted octanol–water partition coefficient (Wildman–Crippen LogP) is 4.95. The molecule has 0 bridgehead atoms. The maximum Gasteiger partial charge on any atom is 0.164 e. The van der Waals surface area contributed by atoms with Gasteiger partial charge in [0.2, 0.25) is 0 Å². The Kier molecular flexibility index (Phi) is 6.04. The lowest BCUT2D eigenvalue weighted by Gasteiger charge is -1.99. The number of aromatic amines is 1. The van der Waals surface area contributed by atoms with Crippen molar-refractivity contribution in [2.45, 2.75) is 58.3 Å². The van der Waals surface area contributed by atoms with Crippen molar-refractivity contribution in [3.8, 4) is 0 Å². The highest BCUT2D eigenvalue weighted by atomic mass is 19.1. The van der Waals surface area contributed by atoms with E-state index < -0.39 is 17.2 Å². The largest absolute Gasteiger partial charge is 0.342 e. The van der Waals surface area contributed by atoms with E-state index in [4.69, 9.17) is 0 Å². The summed E-state index contributed by atoms with van der Waals surface area (Å²) in [5, 5.41) is 0. The summed E-state index contributed by atoms with van der Waals surface area (Å²) in [5.74, 6) is -1.09. The number of imidazole rings is 1. The predicted molar refractivity (Wildman–Crippen MR) is 83.1 cm³/mol. The zero-order chi connectivity index (χ0) is 15.9. The average molecular weight is 308 g/mol. The number of halogens is 2. The van der Waals surface area contributed by atoms with E-state index >= 15 is 0 Å². The molecular weight excluding hydrogens is 286 g/mol. The lowest BCUT2D eigenvalue weighted by molar-refractivity contribution is 0.111. The molecule has 0 spiro atoms. The van der Waals surface area contributed by atoms with Crippen molar-refractivity contribution in [3.05, 3.63) is 29.1 Å². The third kappa shape index (κ3) is 3.90. The van der Waals surface area contributed by atoms with Crippen molar-refractivity contribution in [2.75, 3.05) is 0 Å². The zero-order valence-corrected chi connectivity index (χ0v) is 12.9. The van der Waals surface area contributed by atoms with Gasteiger partial charge in [-0.2, -0.15) is 0 Å². The molecule has 1 aromatic carbocycles. The number of aromatic nitrogens is 2. The molecule has 0 aliphatic rings. The monoisotopic (exact) mass is 308 g/mol. The van der Waals surface area contributed by atoms with E-state index in [1.54, 1.807) is 0 Å². The van der Waals surface area contributed by atoms with Crippen LogP contribution in [0.3, 0.4) is 0 Å². The normalized spacial score (nSPS) is 11.2. The minimum atomic E-state index is -0.882. The van der Waals surface area contributed by atoms with E-state index in [-0.39, 0.29) is 11.8 Å². The maximum absolute atomic E-state index is 14.0. The summed E-state index contributed by atoms with van der Waals surface area (Å²) in [6.07, 6.45) is 9.22. The Bertz CT molecular complexity index is 637. The average Bonchev–Trinajstić information content (AvgIpc) is 2.90. The van der Waals surface area contributed by atoms with Gasteiger partial charge in [0.25, 0.3) is 0 Å². The van der Waals surface area contributed by atoms with Gasteiger partial charge in [-0.15, -0.1) is 0 Å². The first-order valence-corrected chi connectivity index (χ1v) is 7.99. The Balaban J connectivity index is 1.93. The number of aldehydes is 1. The molecule has 0 aliphatic heterocycles. The second kappa shape index (κ2) is 8.01. The van der Waals surface area contributed by atoms with Crippen molar-refractivity contribution in [3.63, 3.8) is 0 Å². The van der Waals surface area contributed by atoms with Gasteiger partial charge in [0, 0.05) is 12.5 Å². The minimum Gasteiger partial charge on any atom is -0.342 e. The second-order valence-corrected chi connectivity index (χ2v) is 5.65. The van der Waals surface area contributed by atoms with E-state index in [0.717, 1.165) is 18.9 Å². The van der Waals surface area contributed by atoms with Crippen LogP contribution in [-0.2, 0) is 6.42 Å². The van der Waals surface area contributed by atoms with Gasteiger partial charge in [-0.25, -0.2) is 13.8 Å². The summed E-state index contributed by atoms with van der Waals surface area (Å²) in [6.45, 7) is 2.19. The van der Waals surface area contributed by atoms with Gasteiger partial charge in [0.05, 0.1) is 11.1 Å². The van der Waals surface area contributed by atoms with Crippen molar-refractivity contribution in [2.24, 2.45) is 0 Å². The van der Waals surface area contributed by atoms with Crippen LogP contribution >= 0.6 is 0 Å². The number of H-pyrrole nitrogens is 1. The standard InChI is InChI=1S/C17H22F2N2O/c1-2-3-4-5-6-7-8-9-15-20-14-10-13(18)12(11-22)16(19)17(14)21-15/h10-11H,2-9H2,1H3,(H,20,21). The molecule has 0 atom stereocenters. The molecule has 0 fully saturated rings. The second-order valence-electron chi connectivity index (χ2n) is 5.65. The molecule has 0 radical (unpaired) electrons. The SMILES string of the molecule is CCCCCCCCCc1nc2c(F)c(C=O)c(F)cc2[nH]1. The van der Waals surface area contributed by atoms with Crippen LogP contribution in [0.2, 0.25) is 0 Å². The number of nitrogens with zero attached hydrogens (tertiary/aromatic N) is 1. The van der Waals surface area contributed by atoms with Crippen LogP contribution in [0, 0.1) is 11.6 Å². The van der Waals surface area contributed by atoms with E-state index in [0.29, 0.717) is 17.8 Å². The topological polar surface area (TPSA) is 45.8 Å². The summed E-state index contributed by atoms with van der Waals surface area (Å²) in [7, 11) is 0. The molecule has 0 amide bonds. The van der Waals surface area contributed by atoms with Crippen molar-refractivity contribution in [1.82, 2.24) is 9.97 Å². The first kappa shape index (κ1) is 16.6. The number of nitrogens with one attached hydrogen (secondary N) is 1. The molecule has 120 valence electrons. The Morgan fingerprint density at radius 2 is 1.82 bits per heavy atom. The van der Waals surface area contributed by atoms with Crippen molar-refractivity contribution >= 4 is 17.3 Å². The summed E-state index contributed by atoms with van der Waals surface area (Å²) >= 11 is 0. The fraction of sp³-hybridized carbons (Fsp3) is 0.529. The van der Waals surface area contributed by atoms with Gasteiger partial charge in [0.15, 0.2) is 12.1 Å². The third-order valence-electron chi connectivity index (χ3n) is 3.89. The molecule has 2 rings (SSSR count). The number of benzene rings is 1. The minimum absolute atomic E-state index is 0.0430. The number of hydrogen-bond donors (Lipinski definition) is 1. The van der Waals surface area contributed by atoms with Crippen molar-refractivity contribution in [1.29, 1.82) is 0 Å². The summed E-state index contributed by atoms with van der Waals surface area (Å²) in [4.78, 5) is 17.8. The quantitative estimate of drug-likeness (QED) is 0.526. The summed E-state index contributed by atoms with van der Waals surface area (Å²) < 4.78 is 27.5. The van der Waals surface area contributed by atoms with Crippen LogP contribution < -0.4 is 0 Å². The fourth-order valence-corrected chi connectivity index (χ4v) is 2.62. The van der Waals surface area contributed by atoms with Crippen LogP contribution in [0.15, 0.2) is 6.07 Å². The van der Waals surface area contributed by atoms with Gasteiger partial charge in [-0.3, -0.25) is 4.79 Å². The highest BCUT2D eigenvalue weighted by molar-refractivity contribution is 5.86. The Labute approximate surface area is 129 Å². The first-order valence-electron chi connectivity index (χ1n) is 7.99. The smallest absolute Gasteiger partial charge is 0.164 e. The number of aryl methyl sites for hydroxylation is 1. The molecule has 0 aliphatic carbocycles. The van der Waals surface area contributed by atoms with Gasteiger partial charge in [-0.1, -0.05) is 45.4 Å². The van der Waals surface area contributed by atoms with Gasteiger partial charge in [-0.05, 0) is 6.42 Å². The maximum atomic E-state index is 14.0. The van der Waals surface area contributed by atoms with Crippen molar-refractivity contribution < 1.29 is 13.6 Å². The molecule has 0 saturated carbocycles. The Morgan fingerprint density at radius 1 is 1.14 bits per heavy atom. The lowest BCUT2D eigenvalue weighted by atomic mass is 10.1. The van der Waals surface area contributed by atoms with Gasteiger partial charge >= 0.3 is 0 Å². The Hall–Kier alpha value is -1.78. The Morgan fingerprint density at radius 3 is 2.50 bits per heavy atom. The van der Waals surface area contributed by atoms with Crippen LogP contribution in [0.1, 0.15) is 68.1 Å². The van der Waals surface area contributed by atoms with E-state index in [1.165, 1.54) is 32.1 Å². The molecule has 0 unspecified atom stereocenters. The van der Waals surface area contributed by atoms with Crippen LogP contribution in [0.5, 0.6) is 0 Å². The lowest BCUT2D eigenvalue weighted by Crippen LogP contribution is -1.94. The number of unbranched alkanes of at least 4 members (excludes halogenated alkanes) is 6. The summed E-state index contributed by atoms with van der Waals surface area (Å²) in [5.41, 5.74) is -0.207. The van der Waals surface area contributed by atoms with E-state index in [1.807, 2.05) is 0 Å². The third-order valence-corrected chi connectivity index (χ3v) is 3.89. The van der Waals surface area contributed by atoms with Crippen LogP contribution in [0.4, 0.5) is 8.78 Å². The van der Waals surface area contributed by atoms with Gasteiger partial charge < -0.3 is 4.98 Å². The van der Waals surface area contributed by atoms with E-state index in [2.05, 4.69) is 16.9 Å². The first-order chi connectivity index (χ1) is 10.7. The molecule has 1 N–H and O–H groups in total. The van der Waals surface area contributed by atoms with Crippen LogP contribution in [-0.4, -0.2) is 16.3 Å². The molecule has 22 heavy (non-hydrogen) atoms. The number of carbonyl (C=O) groups is 1. The molecule has 1 aromatic heterocycles. The van der Waals surface area contributed by atoms with E-state index in [9.17, 15) is 13.6 Å². The summed E-state index contributed by atoms with van der Waals surface area (Å²) in [6, 6.07) is 1.13. The molecule has 3 nitrogen and oxygen atoms in total. The number of hydrogen-bond acceptors (Lipinski definition) is 2. The number of carbonyl (C=O) groups excluding carboxylic acids is 1. The highest BCUT2D eigenvalue weighted by Gasteiger charge is 2.16. The fourth-order valence-electron chi connectivity index (χ4n) is 2.62. The number of fused-ring (bicyclic) bond motifs is 1. The van der Waals surface area contributed by atoms with Gasteiger partial charge in [0.1, 0.15) is 17.2 Å². The molecule has 5 heteroatoms. The zero-order valence-electron chi connectivity index (χ0n) is 12.9. The highest BCUT2D eigenvalue weighted by Crippen LogP contribution is 2.22.